The summed E-state index contributed by atoms with van der Waals surface area (Å²) in [6.07, 6.45) is -3.30. The lowest BCUT2D eigenvalue weighted by molar-refractivity contribution is -0.137. The second kappa shape index (κ2) is 11.5. The Hall–Kier alpha value is -3.86. The summed E-state index contributed by atoms with van der Waals surface area (Å²) in [5.74, 6) is -1.40. The molecule has 2 amide bonds. The van der Waals surface area contributed by atoms with Gasteiger partial charge in [-0.05, 0) is 59.7 Å². The van der Waals surface area contributed by atoms with E-state index in [9.17, 15) is 22.8 Å². The zero-order valence-corrected chi connectivity index (χ0v) is 19.8. The molecule has 35 heavy (non-hydrogen) atoms. The molecule has 0 aliphatic rings. The first-order valence-electron chi connectivity index (χ1n) is 10.0. The van der Waals surface area contributed by atoms with Gasteiger partial charge in [0.1, 0.15) is 6.61 Å². The Morgan fingerprint density at radius 3 is 2.43 bits per heavy atom. The van der Waals surface area contributed by atoms with Crippen LogP contribution in [0.3, 0.4) is 0 Å². The van der Waals surface area contributed by atoms with Gasteiger partial charge in [0, 0.05) is 10.2 Å². The number of carbonyl (C=O) groups excluding carboxylic acids is 2. The largest absolute Gasteiger partial charge is 0.493 e. The second-order valence-corrected chi connectivity index (χ2v) is 7.97. The van der Waals surface area contributed by atoms with Crippen LogP contribution in [0.25, 0.3) is 0 Å². The summed E-state index contributed by atoms with van der Waals surface area (Å²) in [6.45, 7) is 0.328. The number of anilines is 1. The van der Waals surface area contributed by atoms with Crippen molar-refractivity contribution in [3.8, 4) is 11.5 Å². The lowest BCUT2D eigenvalue weighted by Gasteiger charge is -2.11. The van der Waals surface area contributed by atoms with E-state index in [4.69, 9.17) is 9.47 Å². The van der Waals surface area contributed by atoms with Gasteiger partial charge >= 0.3 is 18.0 Å². The minimum absolute atomic E-state index is 0.174. The molecule has 0 unspecified atom stereocenters. The minimum Gasteiger partial charge on any atom is -0.493 e. The van der Waals surface area contributed by atoms with Crippen molar-refractivity contribution >= 4 is 39.6 Å². The monoisotopic (exact) mass is 549 g/mol. The Balaban J connectivity index is 1.56. The van der Waals surface area contributed by atoms with Crippen molar-refractivity contribution in [3.05, 3.63) is 87.9 Å². The molecule has 0 saturated heterocycles. The molecule has 0 aliphatic carbocycles. The van der Waals surface area contributed by atoms with Crippen molar-refractivity contribution in [1.29, 1.82) is 0 Å². The van der Waals surface area contributed by atoms with Gasteiger partial charge in [-0.15, -0.1) is 0 Å². The molecule has 0 bridgehead atoms. The van der Waals surface area contributed by atoms with E-state index in [-0.39, 0.29) is 5.69 Å². The molecule has 0 aliphatic heterocycles. The number of amides is 2. The van der Waals surface area contributed by atoms with E-state index in [1.165, 1.54) is 19.4 Å². The van der Waals surface area contributed by atoms with Crippen molar-refractivity contribution < 1.29 is 32.2 Å². The molecule has 0 spiro atoms. The second-order valence-electron chi connectivity index (χ2n) is 7.06. The molecule has 11 heteroatoms. The maximum atomic E-state index is 12.8. The van der Waals surface area contributed by atoms with Gasteiger partial charge in [0.15, 0.2) is 11.5 Å². The van der Waals surface area contributed by atoms with Crippen LogP contribution in [0.4, 0.5) is 18.9 Å². The van der Waals surface area contributed by atoms with E-state index in [0.29, 0.717) is 23.7 Å². The van der Waals surface area contributed by atoms with Gasteiger partial charge in [-0.2, -0.15) is 18.3 Å². The first kappa shape index (κ1) is 25.8. The normalized spacial score (nSPS) is 11.2. The van der Waals surface area contributed by atoms with E-state index in [1.54, 1.807) is 18.2 Å². The Labute approximate surface area is 207 Å². The number of ether oxygens (including phenoxy) is 2. The van der Waals surface area contributed by atoms with Crippen molar-refractivity contribution in [1.82, 2.24) is 5.43 Å². The highest BCUT2D eigenvalue weighted by Gasteiger charge is 2.30. The number of benzene rings is 3. The van der Waals surface area contributed by atoms with Gasteiger partial charge < -0.3 is 14.8 Å². The molecular weight excluding hydrogens is 531 g/mol. The summed E-state index contributed by atoms with van der Waals surface area (Å²) < 4.78 is 50.4. The van der Waals surface area contributed by atoms with Gasteiger partial charge in [0.05, 0.1) is 18.9 Å². The summed E-state index contributed by atoms with van der Waals surface area (Å²) in [5.41, 5.74) is 2.40. The predicted octanol–water partition coefficient (Wildman–Crippen LogP) is 5.14. The van der Waals surface area contributed by atoms with E-state index >= 15 is 0 Å². The zero-order valence-electron chi connectivity index (χ0n) is 18.2. The summed E-state index contributed by atoms with van der Waals surface area (Å²) in [4.78, 5) is 23.9. The molecule has 3 aromatic carbocycles. The quantitative estimate of drug-likeness (QED) is 0.242. The number of nitrogens with zero attached hydrogens (tertiary/aromatic N) is 1. The number of hydrogen-bond donors (Lipinski definition) is 2. The molecule has 0 saturated carbocycles. The molecule has 3 rings (SSSR count). The molecule has 3 aromatic rings. The van der Waals surface area contributed by atoms with Crippen LogP contribution in [0, 0.1) is 0 Å². The van der Waals surface area contributed by atoms with Crippen molar-refractivity contribution in [3.63, 3.8) is 0 Å². The lowest BCUT2D eigenvalue weighted by Crippen LogP contribution is -2.32. The van der Waals surface area contributed by atoms with Gasteiger partial charge in [-0.1, -0.05) is 34.1 Å². The maximum absolute atomic E-state index is 12.8. The molecule has 0 heterocycles. The number of carbonyl (C=O) groups is 2. The third-order valence-corrected chi connectivity index (χ3v) is 5.06. The number of hydrogen-bond acceptors (Lipinski definition) is 5. The minimum atomic E-state index is -4.58. The van der Waals surface area contributed by atoms with E-state index < -0.39 is 23.6 Å². The van der Waals surface area contributed by atoms with Crippen LogP contribution in [0.1, 0.15) is 16.7 Å². The highest BCUT2D eigenvalue weighted by molar-refractivity contribution is 9.10. The van der Waals surface area contributed by atoms with Crippen molar-refractivity contribution in [2.45, 2.75) is 12.8 Å². The first-order valence-corrected chi connectivity index (χ1v) is 10.8. The van der Waals surface area contributed by atoms with Crippen LogP contribution in [0.2, 0.25) is 0 Å². The summed E-state index contributed by atoms with van der Waals surface area (Å²) in [6, 6.07) is 16.5. The highest BCUT2D eigenvalue weighted by Crippen LogP contribution is 2.31. The van der Waals surface area contributed by atoms with E-state index in [1.807, 2.05) is 29.7 Å². The number of halogens is 4. The number of nitrogens with one attached hydrogen (secondary N) is 2. The SMILES string of the molecule is COc1cc(/C=N\NC(=O)C(=O)Nc2cccc(C(F)(F)F)c2)ccc1OCc1ccc(Br)cc1. The third kappa shape index (κ3) is 7.57. The van der Waals surface area contributed by atoms with Gasteiger partial charge in [0.2, 0.25) is 0 Å². The first-order chi connectivity index (χ1) is 16.7. The number of alkyl halides is 3. The van der Waals surface area contributed by atoms with Gasteiger partial charge in [-0.25, -0.2) is 5.43 Å². The standard InChI is InChI=1S/C24H19BrF3N3O4/c1-34-21-11-16(7-10-20(21)35-14-15-5-8-18(25)9-6-15)13-29-31-23(33)22(32)30-19-4-2-3-17(12-19)24(26,27)28/h2-13H,14H2,1H3,(H,30,32)(H,31,33)/b29-13-. The van der Waals surface area contributed by atoms with Crippen LogP contribution < -0.4 is 20.2 Å². The average molecular weight is 550 g/mol. The molecule has 182 valence electrons. The van der Waals surface area contributed by atoms with E-state index in [0.717, 1.165) is 28.2 Å². The topological polar surface area (TPSA) is 89.0 Å². The summed E-state index contributed by atoms with van der Waals surface area (Å²) >= 11 is 3.37. The number of rotatable bonds is 7. The summed E-state index contributed by atoms with van der Waals surface area (Å²) in [5, 5.41) is 5.80. The van der Waals surface area contributed by atoms with Crippen LogP contribution in [-0.2, 0) is 22.4 Å². The Morgan fingerprint density at radius 1 is 1.00 bits per heavy atom. The van der Waals surface area contributed by atoms with Crippen LogP contribution in [0.5, 0.6) is 11.5 Å². The average Bonchev–Trinajstić information content (AvgIpc) is 2.83. The molecule has 7 nitrogen and oxygen atoms in total. The predicted molar refractivity (Wildman–Crippen MR) is 127 cm³/mol. The van der Waals surface area contributed by atoms with Crippen LogP contribution >= 0.6 is 15.9 Å². The van der Waals surface area contributed by atoms with E-state index in [2.05, 4.69) is 26.3 Å². The molecule has 0 fully saturated rings. The molecular formula is C24H19BrF3N3O4. The van der Waals surface area contributed by atoms with Gasteiger partial charge in [0.25, 0.3) is 0 Å². The molecule has 0 radical (unpaired) electrons. The number of methoxy groups -OCH3 is 1. The molecule has 0 atom stereocenters. The third-order valence-electron chi connectivity index (χ3n) is 4.53. The Kier molecular flexibility index (Phi) is 8.48. The lowest BCUT2D eigenvalue weighted by atomic mass is 10.2. The fourth-order valence-corrected chi connectivity index (χ4v) is 3.07. The zero-order chi connectivity index (χ0) is 25.4. The fraction of sp³-hybridized carbons (Fsp3) is 0.125. The smallest absolute Gasteiger partial charge is 0.416 e. The highest BCUT2D eigenvalue weighted by atomic mass is 79.9. The maximum Gasteiger partial charge on any atom is 0.416 e. The molecule has 0 aromatic heterocycles. The molecule has 2 N–H and O–H groups in total. The van der Waals surface area contributed by atoms with Crippen LogP contribution in [0.15, 0.2) is 76.3 Å². The summed E-state index contributed by atoms with van der Waals surface area (Å²) in [7, 11) is 1.47. The van der Waals surface area contributed by atoms with Gasteiger partial charge in [-0.3, -0.25) is 9.59 Å². The van der Waals surface area contributed by atoms with Crippen molar-refractivity contribution in [2.75, 3.05) is 12.4 Å². The van der Waals surface area contributed by atoms with Crippen LogP contribution in [-0.4, -0.2) is 25.1 Å². The number of hydrazone groups is 1. The Bertz CT molecular complexity index is 1230. The Morgan fingerprint density at radius 2 is 1.74 bits per heavy atom. The van der Waals surface area contributed by atoms with Crippen molar-refractivity contribution in [2.24, 2.45) is 5.10 Å². The fourth-order valence-electron chi connectivity index (χ4n) is 2.80.